The highest BCUT2D eigenvalue weighted by Gasteiger charge is 2.14. The van der Waals surface area contributed by atoms with Crippen LogP contribution in [0.3, 0.4) is 0 Å². The van der Waals surface area contributed by atoms with E-state index in [9.17, 15) is 10.1 Å². The maximum Gasteiger partial charge on any atom is 0.283 e. The average molecular weight is 356 g/mol. The number of hydrogen-bond donors (Lipinski definition) is 1. The van der Waals surface area contributed by atoms with Crippen molar-refractivity contribution in [3.8, 4) is 0 Å². The lowest BCUT2D eigenvalue weighted by molar-refractivity contribution is -0.385. The summed E-state index contributed by atoms with van der Waals surface area (Å²) in [5, 5.41) is 17.3. The maximum atomic E-state index is 10.9. The van der Waals surface area contributed by atoms with Gasteiger partial charge in [0, 0.05) is 24.2 Å². The molecule has 0 aliphatic carbocycles. The third-order valence-corrected chi connectivity index (χ3v) is 4.48. The Bertz CT molecular complexity index is 589. The van der Waals surface area contributed by atoms with E-state index in [4.69, 9.17) is 0 Å². The zero-order valence-electron chi connectivity index (χ0n) is 10.9. The van der Waals surface area contributed by atoms with Gasteiger partial charge in [0.25, 0.3) is 5.69 Å². The van der Waals surface area contributed by atoms with Crippen LogP contribution < -0.4 is 5.32 Å². The molecule has 1 N–H and O–H groups in total. The van der Waals surface area contributed by atoms with Crippen molar-refractivity contribution in [2.45, 2.75) is 25.9 Å². The van der Waals surface area contributed by atoms with E-state index in [1.807, 2.05) is 11.4 Å². The molecule has 5 nitrogen and oxygen atoms in total. The van der Waals surface area contributed by atoms with E-state index in [2.05, 4.69) is 33.2 Å². The van der Waals surface area contributed by atoms with E-state index in [-0.39, 0.29) is 16.7 Å². The van der Waals surface area contributed by atoms with Gasteiger partial charge in [-0.3, -0.25) is 10.1 Å². The van der Waals surface area contributed by atoms with Gasteiger partial charge in [0.1, 0.15) is 5.01 Å². The zero-order valence-corrected chi connectivity index (χ0v) is 13.3. The van der Waals surface area contributed by atoms with Crippen molar-refractivity contribution in [2.75, 3.05) is 0 Å². The second-order valence-corrected chi connectivity index (χ2v) is 6.04. The number of nitrogens with one attached hydrogen (secondary N) is 1. The Morgan fingerprint density at radius 3 is 2.95 bits per heavy atom. The van der Waals surface area contributed by atoms with Crippen LogP contribution in [0.5, 0.6) is 0 Å². The lowest BCUT2D eigenvalue weighted by atomic mass is 10.1. The molecule has 0 amide bonds. The molecule has 0 aliphatic heterocycles. The standard InChI is InChI=1S/C13H14BrN3O2S/c1-2-11(13-15-5-6-20-13)16-8-9-3-4-10(14)12(7-9)17(18)19/h3-7,11,16H,2,8H2,1H3. The number of aromatic nitrogens is 1. The van der Waals surface area contributed by atoms with Crippen molar-refractivity contribution in [3.05, 3.63) is 54.9 Å². The number of thiazole rings is 1. The molecule has 0 radical (unpaired) electrons. The molecule has 1 aromatic carbocycles. The Morgan fingerprint density at radius 2 is 2.35 bits per heavy atom. The molecule has 0 spiro atoms. The molecule has 1 atom stereocenters. The lowest BCUT2D eigenvalue weighted by Crippen LogP contribution is -2.20. The van der Waals surface area contributed by atoms with Crippen molar-refractivity contribution in [3.63, 3.8) is 0 Å². The number of hydrogen-bond acceptors (Lipinski definition) is 5. The topological polar surface area (TPSA) is 68.1 Å². The van der Waals surface area contributed by atoms with E-state index >= 15 is 0 Å². The molecule has 0 fully saturated rings. The monoisotopic (exact) mass is 355 g/mol. The molecule has 0 aliphatic rings. The van der Waals surface area contributed by atoms with Gasteiger partial charge in [-0.1, -0.05) is 13.0 Å². The third kappa shape index (κ3) is 3.62. The van der Waals surface area contributed by atoms with E-state index < -0.39 is 0 Å². The Labute approximate surface area is 129 Å². The summed E-state index contributed by atoms with van der Waals surface area (Å²) in [6.07, 6.45) is 2.71. The van der Waals surface area contributed by atoms with E-state index in [0.717, 1.165) is 17.0 Å². The second kappa shape index (κ2) is 6.92. The van der Waals surface area contributed by atoms with Crippen LogP contribution in [0.25, 0.3) is 0 Å². The average Bonchev–Trinajstić information content (AvgIpc) is 2.95. The summed E-state index contributed by atoms with van der Waals surface area (Å²) in [4.78, 5) is 14.8. The molecule has 1 unspecified atom stereocenters. The molecule has 20 heavy (non-hydrogen) atoms. The fourth-order valence-corrected chi connectivity index (χ4v) is 3.05. The van der Waals surface area contributed by atoms with Crippen LogP contribution in [-0.4, -0.2) is 9.91 Å². The SMILES string of the molecule is CCC(NCc1ccc(Br)c([N+](=O)[O-])c1)c1nccs1. The molecule has 1 aromatic heterocycles. The highest BCUT2D eigenvalue weighted by Crippen LogP contribution is 2.26. The Hall–Kier alpha value is -1.31. The Kier molecular flexibility index (Phi) is 5.22. The minimum Gasteiger partial charge on any atom is -0.304 e. The van der Waals surface area contributed by atoms with E-state index in [1.165, 1.54) is 0 Å². The van der Waals surface area contributed by atoms with Gasteiger partial charge >= 0.3 is 0 Å². The first-order chi connectivity index (χ1) is 9.61. The predicted octanol–water partition coefficient (Wildman–Crippen LogP) is 4.05. The minimum absolute atomic E-state index is 0.0894. The first-order valence-corrected chi connectivity index (χ1v) is 7.84. The molecule has 1 heterocycles. The number of nitro benzene ring substituents is 1. The van der Waals surface area contributed by atoms with Gasteiger partial charge in [-0.05, 0) is 34.0 Å². The molecule has 0 saturated heterocycles. The summed E-state index contributed by atoms with van der Waals surface area (Å²) in [7, 11) is 0. The first kappa shape index (κ1) is 15.1. The molecule has 7 heteroatoms. The van der Waals surface area contributed by atoms with Gasteiger partial charge in [0.15, 0.2) is 0 Å². The number of nitro groups is 1. The fourth-order valence-electron chi connectivity index (χ4n) is 1.86. The molecule has 2 rings (SSSR count). The summed E-state index contributed by atoms with van der Waals surface area (Å²) in [5.74, 6) is 0. The van der Waals surface area contributed by atoms with Crippen molar-refractivity contribution in [1.82, 2.24) is 10.3 Å². The van der Waals surface area contributed by atoms with Crippen LogP contribution in [-0.2, 0) is 6.54 Å². The van der Waals surface area contributed by atoms with Gasteiger partial charge in [-0.2, -0.15) is 0 Å². The fraction of sp³-hybridized carbons (Fsp3) is 0.308. The molecule has 2 aromatic rings. The number of halogens is 1. The lowest BCUT2D eigenvalue weighted by Gasteiger charge is -2.14. The highest BCUT2D eigenvalue weighted by molar-refractivity contribution is 9.10. The van der Waals surface area contributed by atoms with Gasteiger partial charge in [-0.15, -0.1) is 11.3 Å². The zero-order chi connectivity index (χ0) is 14.5. The van der Waals surface area contributed by atoms with Gasteiger partial charge in [0.2, 0.25) is 0 Å². The number of benzene rings is 1. The van der Waals surface area contributed by atoms with Crippen LogP contribution in [0, 0.1) is 10.1 Å². The van der Waals surface area contributed by atoms with Crippen LogP contribution in [0.15, 0.2) is 34.2 Å². The Balaban J connectivity index is 2.07. The van der Waals surface area contributed by atoms with Gasteiger partial charge in [0.05, 0.1) is 15.4 Å². The third-order valence-electron chi connectivity index (χ3n) is 2.92. The molecule has 0 saturated carbocycles. The maximum absolute atomic E-state index is 10.9. The quantitative estimate of drug-likeness (QED) is 0.626. The van der Waals surface area contributed by atoms with Crippen molar-refractivity contribution in [2.24, 2.45) is 0 Å². The Morgan fingerprint density at radius 1 is 1.55 bits per heavy atom. The predicted molar refractivity (Wildman–Crippen MR) is 82.8 cm³/mol. The van der Waals surface area contributed by atoms with Crippen molar-refractivity contribution in [1.29, 1.82) is 0 Å². The van der Waals surface area contributed by atoms with Gasteiger partial charge < -0.3 is 5.32 Å². The summed E-state index contributed by atoms with van der Waals surface area (Å²) in [5.41, 5.74) is 0.974. The minimum atomic E-state index is -0.383. The molecule has 106 valence electrons. The van der Waals surface area contributed by atoms with Crippen LogP contribution in [0.2, 0.25) is 0 Å². The van der Waals surface area contributed by atoms with Crippen LogP contribution >= 0.6 is 27.3 Å². The van der Waals surface area contributed by atoms with Crippen molar-refractivity contribution >= 4 is 33.0 Å². The van der Waals surface area contributed by atoms with Crippen LogP contribution in [0.1, 0.15) is 30.0 Å². The summed E-state index contributed by atoms with van der Waals surface area (Å²) >= 11 is 4.80. The smallest absolute Gasteiger partial charge is 0.283 e. The largest absolute Gasteiger partial charge is 0.304 e. The van der Waals surface area contributed by atoms with E-state index in [1.54, 1.807) is 29.7 Å². The first-order valence-electron chi connectivity index (χ1n) is 6.17. The number of rotatable bonds is 6. The van der Waals surface area contributed by atoms with Gasteiger partial charge in [-0.25, -0.2) is 4.98 Å². The van der Waals surface area contributed by atoms with E-state index in [0.29, 0.717) is 11.0 Å². The van der Waals surface area contributed by atoms with Crippen molar-refractivity contribution < 1.29 is 4.92 Å². The van der Waals surface area contributed by atoms with Crippen LogP contribution in [0.4, 0.5) is 5.69 Å². The normalized spacial score (nSPS) is 12.3. The molecule has 0 bridgehead atoms. The summed E-state index contributed by atoms with van der Waals surface area (Å²) < 4.78 is 0.498. The molecular weight excluding hydrogens is 342 g/mol. The second-order valence-electron chi connectivity index (χ2n) is 4.25. The summed E-state index contributed by atoms with van der Waals surface area (Å²) in [6, 6.07) is 5.35. The molecular formula is C13H14BrN3O2S. The summed E-state index contributed by atoms with van der Waals surface area (Å²) in [6.45, 7) is 2.66. The highest BCUT2D eigenvalue weighted by atomic mass is 79.9. The number of nitrogens with zero attached hydrogens (tertiary/aromatic N) is 2.